The van der Waals surface area contributed by atoms with E-state index in [1.165, 1.54) is 5.56 Å². The van der Waals surface area contributed by atoms with E-state index in [-0.39, 0.29) is 0 Å². The van der Waals surface area contributed by atoms with Gasteiger partial charge in [0.25, 0.3) is 0 Å². The Morgan fingerprint density at radius 3 is 2.92 bits per heavy atom. The van der Waals surface area contributed by atoms with Crippen LogP contribution >= 0.6 is 0 Å². The molecule has 0 saturated heterocycles. The molecule has 1 aliphatic rings. The number of unbranched alkanes of at least 4 members (excludes halogenated alkanes) is 1. The van der Waals surface area contributed by atoms with Crippen molar-refractivity contribution in [1.29, 1.82) is 0 Å². The first-order valence-electron chi connectivity index (χ1n) is 9.71. The van der Waals surface area contributed by atoms with Crippen molar-refractivity contribution in [1.82, 2.24) is 20.1 Å². The summed E-state index contributed by atoms with van der Waals surface area (Å²) in [5, 5.41) is 8.12. The maximum absolute atomic E-state index is 5.86. The fourth-order valence-electron chi connectivity index (χ4n) is 3.24. The lowest BCUT2D eigenvalue weighted by molar-refractivity contribution is 0.272. The van der Waals surface area contributed by atoms with Gasteiger partial charge in [-0.05, 0) is 44.4 Å². The maximum atomic E-state index is 5.86. The summed E-state index contributed by atoms with van der Waals surface area (Å²) in [7, 11) is 0. The summed E-state index contributed by atoms with van der Waals surface area (Å²) >= 11 is 0. The van der Waals surface area contributed by atoms with Gasteiger partial charge in [0.15, 0.2) is 11.5 Å². The zero-order valence-electron chi connectivity index (χ0n) is 16.1. The molecule has 1 N–H and O–H groups in total. The summed E-state index contributed by atoms with van der Waals surface area (Å²) in [6.45, 7) is 9.17. The Bertz CT molecular complexity index is 714. The minimum Gasteiger partial charge on any atom is -0.490 e. The number of ether oxygens (including phenoxy) is 2. The number of fused-ring (bicyclic) bond motifs is 1. The SMILES string of the molecule is CCCCOc1ccc(CNC2CCc3nc(C)nn3C2)cc1OCC. The van der Waals surface area contributed by atoms with Crippen molar-refractivity contribution in [3.05, 3.63) is 35.4 Å². The van der Waals surface area contributed by atoms with Crippen LogP contribution in [0.3, 0.4) is 0 Å². The average Bonchev–Trinajstić information content (AvgIpc) is 3.01. The first kappa shape index (κ1) is 18.7. The maximum Gasteiger partial charge on any atom is 0.161 e. The number of rotatable bonds is 9. The van der Waals surface area contributed by atoms with Crippen molar-refractivity contribution in [2.45, 2.75) is 65.6 Å². The van der Waals surface area contributed by atoms with Gasteiger partial charge in [-0.3, -0.25) is 0 Å². The molecule has 0 amide bonds. The Morgan fingerprint density at radius 2 is 2.12 bits per heavy atom. The summed E-state index contributed by atoms with van der Waals surface area (Å²) in [5.74, 6) is 3.64. The topological polar surface area (TPSA) is 61.2 Å². The Labute approximate surface area is 155 Å². The number of nitrogens with zero attached hydrogens (tertiary/aromatic N) is 3. The molecule has 0 bridgehead atoms. The van der Waals surface area contributed by atoms with Crippen molar-refractivity contribution in [2.24, 2.45) is 0 Å². The highest BCUT2D eigenvalue weighted by atomic mass is 16.5. The van der Waals surface area contributed by atoms with Gasteiger partial charge < -0.3 is 14.8 Å². The van der Waals surface area contributed by atoms with E-state index in [0.717, 1.165) is 68.5 Å². The number of aryl methyl sites for hydroxylation is 2. The van der Waals surface area contributed by atoms with Crippen LogP contribution in [0.2, 0.25) is 0 Å². The monoisotopic (exact) mass is 358 g/mol. The Morgan fingerprint density at radius 1 is 1.23 bits per heavy atom. The average molecular weight is 358 g/mol. The summed E-state index contributed by atoms with van der Waals surface area (Å²) in [6, 6.07) is 6.65. The van der Waals surface area contributed by atoms with Crippen molar-refractivity contribution in [3.63, 3.8) is 0 Å². The number of benzene rings is 1. The molecular weight excluding hydrogens is 328 g/mol. The minimum atomic E-state index is 0.416. The van der Waals surface area contributed by atoms with E-state index < -0.39 is 0 Å². The number of aromatic nitrogens is 3. The van der Waals surface area contributed by atoms with Crippen molar-refractivity contribution in [2.75, 3.05) is 13.2 Å². The molecule has 0 saturated carbocycles. The predicted molar refractivity (Wildman–Crippen MR) is 102 cm³/mol. The molecule has 1 unspecified atom stereocenters. The van der Waals surface area contributed by atoms with Gasteiger partial charge in [0, 0.05) is 19.0 Å². The van der Waals surface area contributed by atoms with Gasteiger partial charge >= 0.3 is 0 Å². The van der Waals surface area contributed by atoms with E-state index in [9.17, 15) is 0 Å². The quantitative estimate of drug-likeness (QED) is 0.697. The van der Waals surface area contributed by atoms with Crippen LogP contribution in [0.25, 0.3) is 0 Å². The zero-order valence-corrected chi connectivity index (χ0v) is 16.1. The largest absolute Gasteiger partial charge is 0.490 e. The molecule has 1 atom stereocenters. The molecule has 0 fully saturated rings. The Hall–Kier alpha value is -2.08. The smallest absolute Gasteiger partial charge is 0.161 e. The molecule has 142 valence electrons. The van der Waals surface area contributed by atoms with Crippen molar-refractivity contribution in [3.8, 4) is 11.5 Å². The van der Waals surface area contributed by atoms with E-state index in [1.54, 1.807) is 0 Å². The van der Waals surface area contributed by atoms with Crippen LogP contribution in [-0.2, 0) is 19.5 Å². The lowest BCUT2D eigenvalue weighted by Crippen LogP contribution is -2.37. The van der Waals surface area contributed by atoms with Crippen LogP contribution in [-0.4, -0.2) is 34.0 Å². The van der Waals surface area contributed by atoms with Gasteiger partial charge in [0.2, 0.25) is 0 Å². The molecule has 1 aromatic heterocycles. The summed E-state index contributed by atoms with van der Waals surface area (Å²) in [5.41, 5.74) is 1.21. The summed E-state index contributed by atoms with van der Waals surface area (Å²) in [6.07, 6.45) is 4.25. The predicted octanol–water partition coefficient (Wildman–Crippen LogP) is 3.27. The third-order valence-electron chi connectivity index (χ3n) is 4.62. The van der Waals surface area contributed by atoms with Gasteiger partial charge in [-0.2, -0.15) is 5.10 Å². The van der Waals surface area contributed by atoms with E-state index in [2.05, 4.69) is 34.5 Å². The van der Waals surface area contributed by atoms with Gasteiger partial charge in [-0.1, -0.05) is 19.4 Å². The fourth-order valence-corrected chi connectivity index (χ4v) is 3.24. The van der Waals surface area contributed by atoms with Crippen LogP contribution in [0, 0.1) is 6.92 Å². The number of hydrogen-bond donors (Lipinski definition) is 1. The summed E-state index contributed by atoms with van der Waals surface area (Å²) in [4.78, 5) is 4.47. The lowest BCUT2D eigenvalue weighted by atomic mass is 10.1. The number of hydrogen-bond acceptors (Lipinski definition) is 5. The molecule has 0 spiro atoms. The highest BCUT2D eigenvalue weighted by Gasteiger charge is 2.20. The molecular formula is C20H30N4O2. The fraction of sp³-hybridized carbons (Fsp3) is 0.600. The summed E-state index contributed by atoms with van der Waals surface area (Å²) < 4.78 is 13.7. The second-order valence-electron chi connectivity index (χ2n) is 6.79. The molecule has 26 heavy (non-hydrogen) atoms. The van der Waals surface area contributed by atoms with Crippen LogP contribution < -0.4 is 14.8 Å². The Kier molecular flexibility index (Phi) is 6.50. The normalized spacial score (nSPS) is 16.3. The van der Waals surface area contributed by atoms with E-state index >= 15 is 0 Å². The highest BCUT2D eigenvalue weighted by Crippen LogP contribution is 2.29. The third kappa shape index (κ3) is 4.75. The molecule has 1 aliphatic heterocycles. The molecule has 1 aromatic carbocycles. The van der Waals surface area contributed by atoms with E-state index in [1.807, 2.05) is 24.6 Å². The lowest BCUT2D eigenvalue weighted by Gasteiger charge is -2.24. The molecule has 6 heteroatoms. The first-order chi connectivity index (χ1) is 12.7. The van der Waals surface area contributed by atoms with Crippen LogP contribution in [0.15, 0.2) is 18.2 Å². The minimum absolute atomic E-state index is 0.416. The molecule has 3 rings (SSSR count). The first-order valence-corrected chi connectivity index (χ1v) is 9.71. The van der Waals surface area contributed by atoms with Crippen molar-refractivity contribution < 1.29 is 9.47 Å². The van der Waals surface area contributed by atoms with Crippen molar-refractivity contribution >= 4 is 0 Å². The van der Waals surface area contributed by atoms with E-state index in [4.69, 9.17) is 9.47 Å². The molecule has 0 aliphatic carbocycles. The molecule has 0 radical (unpaired) electrons. The molecule has 2 aromatic rings. The second kappa shape index (κ2) is 9.03. The molecule has 6 nitrogen and oxygen atoms in total. The van der Waals surface area contributed by atoms with Crippen LogP contribution in [0.5, 0.6) is 11.5 Å². The highest BCUT2D eigenvalue weighted by molar-refractivity contribution is 5.43. The number of nitrogens with one attached hydrogen (secondary N) is 1. The molecule has 2 heterocycles. The van der Waals surface area contributed by atoms with Crippen LogP contribution in [0.4, 0.5) is 0 Å². The van der Waals surface area contributed by atoms with Gasteiger partial charge in [-0.25, -0.2) is 9.67 Å². The zero-order chi connectivity index (χ0) is 18.4. The van der Waals surface area contributed by atoms with Gasteiger partial charge in [-0.15, -0.1) is 0 Å². The standard InChI is InChI=1S/C20H30N4O2/c1-4-6-11-26-18-9-7-16(12-19(18)25-5-2)13-21-17-8-10-20-22-15(3)23-24(20)14-17/h7,9,12,17,21H,4-6,8,10-11,13-14H2,1-3H3. The third-order valence-corrected chi connectivity index (χ3v) is 4.62. The second-order valence-corrected chi connectivity index (χ2v) is 6.79. The van der Waals surface area contributed by atoms with E-state index in [0.29, 0.717) is 12.6 Å². The van der Waals surface area contributed by atoms with Gasteiger partial charge in [0.1, 0.15) is 11.6 Å². The van der Waals surface area contributed by atoms with Crippen LogP contribution in [0.1, 0.15) is 50.3 Å². The Balaban J connectivity index is 1.58. The van der Waals surface area contributed by atoms with Gasteiger partial charge in [0.05, 0.1) is 19.8 Å².